The molecule has 10 nitrogen and oxygen atoms in total. The topological polar surface area (TPSA) is 114 Å². The van der Waals surface area contributed by atoms with Gasteiger partial charge in [-0.15, -0.1) is 11.3 Å². The zero-order chi connectivity index (χ0) is 32.8. The summed E-state index contributed by atoms with van der Waals surface area (Å²) in [5.74, 6) is -1.52. The van der Waals surface area contributed by atoms with Gasteiger partial charge in [0, 0.05) is 59.3 Å². The van der Waals surface area contributed by atoms with Crippen LogP contribution in [-0.4, -0.2) is 78.5 Å². The summed E-state index contributed by atoms with van der Waals surface area (Å²) in [7, 11) is 5.43. The SMILES string of the molecule is C=CC(=O)N[C@H](C)c1cc(-c2nc(-c3ccnc(OCCN(C)C)c3)c3ccsc3c2-c2c(F)cc(F)cc2OCCOC)n[nH]1. The first-order valence-corrected chi connectivity index (χ1v) is 15.3. The summed E-state index contributed by atoms with van der Waals surface area (Å²) in [6, 6.07) is 8.78. The smallest absolute Gasteiger partial charge is 0.243 e. The summed E-state index contributed by atoms with van der Waals surface area (Å²) in [5, 5.41) is 12.9. The summed E-state index contributed by atoms with van der Waals surface area (Å²) < 4.78 is 48.0. The van der Waals surface area contributed by atoms with E-state index >= 15 is 4.39 Å². The summed E-state index contributed by atoms with van der Waals surface area (Å²) in [6.45, 7) is 6.74. The van der Waals surface area contributed by atoms with E-state index in [9.17, 15) is 9.18 Å². The molecule has 46 heavy (non-hydrogen) atoms. The van der Waals surface area contributed by atoms with Crippen molar-refractivity contribution in [1.29, 1.82) is 0 Å². The highest BCUT2D eigenvalue weighted by molar-refractivity contribution is 7.18. The number of benzene rings is 1. The van der Waals surface area contributed by atoms with Crippen LogP contribution in [0.4, 0.5) is 8.78 Å². The van der Waals surface area contributed by atoms with Gasteiger partial charge >= 0.3 is 0 Å². The number of nitrogens with zero attached hydrogens (tertiary/aromatic N) is 4. The number of hydrogen-bond donors (Lipinski definition) is 2. The zero-order valence-corrected chi connectivity index (χ0v) is 26.7. The highest BCUT2D eigenvalue weighted by Gasteiger charge is 2.27. The minimum Gasteiger partial charge on any atom is -0.490 e. The molecule has 4 aromatic heterocycles. The van der Waals surface area contributed by atoms with Crippen LogP contribution in [0.5, 0.6) is 11.6 Å². The van der Waals surface area contributed by atoms with Gasteiger partial charge < -0.3 is 24.4 Å². The van der Waals surface area contributed by atoms with E-state index in [0.717, 1.165) is 23.1 Å². The van der Waals surface area contributed by atoms with E-state index in [1.165, 1.54) is 24.5 Å². The largest absolute Gasteiger partial charge is 0.490 e. The predicted molar refractivity (Wildman–Crippen MR) is 174 cm³/mol. The number of ether oxygens (including phenoxy) is 3. The van der Waals surface area contributed by atoms with Gasteiger partial charge in [-0.3, -0.25) is 9.89 Å². The second kappa shape index (κ2) is 14.6. The van der Waals surface area contributed by atoms with Crippen molar-refractivity contribution in [3.63, 3.8) is 0 Å². The van der Waals surface area contributed by atoms with E-state index in [1.807, 2.05) is 36.5 Å². The number of methoxy groups -OCH3 is 1. The van der Waals surface area contributed by atoms with Crippen LogP contribution in [0.25, 0.3) is 43.9 Å². The molecule has 240 valence electrons. The van der Waals surface area contributed by atoms with E-state index in [2.05, 4.69) is 27.1 Å². The van der Waals surface area contributed by atoms with Crippen molar-refractivity contribution < 1.29 is 27.8 Å². The molecule has 0 radical (unpaired) electrons. The maximum Gasteiger partial charge on any atom is 0.243 e. The Bertz CT molecular complexity index is 1860. The predicted octanol–water partition coefficient (Wildman–Crippen LogP) is 6.02. The summed E-state index contributed by atoms with van der Waals surface area (Å²) in [6.07, 6.45) is 2.83. The molecule has 1 aromatic carbocycles. The maximum atomic E-state index is 15.9. The number of hydrogen-bond acceptors (Lipinski definition) is 9. The highest BCUT2D eigenvalue weighted by atomic mass is 32.1. The van der Waals surface area contributed by atoms with Crippen LogP contribution in [0.15, 0.2) is 60.6 Å². The number of amides is 1. The Morgan fingerprint density at radius 1 is 1.11 bits per heavy atom. The first kappa shape index (κ1) is 32.7. The van der Waals surface area contributed by atoms with Gasteiger partial charge in [0.05, 0.1) is 29.6 Å². The molecule has 0 saturated carbocycles. The molecule has 4 heterocycles. The third-order valence-corrected chi connectivity index (χ3v) is 8.00. The van der Waals surface area contributed by atoms with Crippen molar-refractivity contribution in [3.8, 4) is 45.4 Å². The minimum atomic E-state index is -0.819. The molecule has 0 aliphatic heterocycles. The third kappa shape index (κ3) is 7.22. The second-order valence-corrected chi connectivity index (χ2v) is 11.5. The molecular formula is C33H34F2N6O4S. The Morgan fingerprint density at radius 3 is 2.70 bits per heavy atom. The van der Waals surface area contributed by atoms with Gasteiger partial charge in [-0.05, 0) is 50.7 Å². The lowest BCUT2D eigenvalue weighted by atomic mass is 9.96. The Balaban J connectivity index is 1.73. The number of carbonyl (C=O) groups excluding carboxylic acids is 1. The molecule has 0 aliphatic carbocycles. The molecule has 0 bridgehead atoms. The molecule has 0 fully saturated rings. The second-order valence-electron chi connectivity index (χ2n) is 10.6. The molecule has 1 amide bonds. The number of likely N-dealkylation sites (N-methyl/N-ethyl adjacent to an activating group) is 1. The van der Waals surface area contributed by atoms with E-state index in [0.29, 0.717) is 52.1 Å². The molecule has 5 rings (SSSR count). The van der Waals surface area contributed by atoms with E-state index < -0.39 is 17.7 Å². The van der Waals surface area contributed by atoms with Crippen LogP contribution in [0.2, 0.25) is 0 Å². The van der Waals surface area contributed by atoms with E-state index in [-0.39, 0.29) is 30.4 Å². The van der Waals surface area contributed by atoms with Gasteiger partial charge in [0.25, 0.3) is 0 Å². The first-order chi connectivity index (χ1) is 22.2. The highest BCUT2D eigenvalue weighted by Crippen LogP contribution is 2.47. The number of aromatic nitrogens is 4. The summed E-state index contributed by atoms with van der Waals surface area (Å²) in [5.41, 5.74) is 3.03. The standard InChI is InChI=1S/C33H34F2N6O4S/c1-6-27(42)37-19(2)24-18-25(40-39-24)32-30(29-23(35)16-21(34)17-26(29)44-13-12-43-5)33-22(8-14-46-33)31(38-32)20-7-9-36-28(15-20)45-11-10-41(3)4/h6-9,14-19H,1,10-13H2,2-5H3,(H,37,42)(H,39,40)/t19-/m1/s1. The number of H-pyrrole nitrogens is 1. The van der Waals surface area contributed by atoms with Gasteiger partial charge in [-0.1, -0.05) is 6.58 Å². The van der Waals surface area contributed by atoms with Crippen molar-refractivity contribution >= 4 is 27.3 Å². The van der Waals surface area contributed by atoms with Crippen molar-refractivity contribution in [2.45, 2.75) is 13.0 Å². The lowest BCUT2D eigenvalue weighted by molar-refractivity contribution is -0.117. The Labute approximate surface area is 269 Å². The molecule has 0 saturated heterocycles. The number of nitrogens with one attached hydrogen (secondary N) is 2. The van der Waals surface area contributed by atoms with Crippen molar-refractivity contribution in [3.05, 3.63) is 78.0 Å². The van der Waals surface area contributed by atoms with E-state index in [4.69, 9.17) is 19.2 Å². The van der Waals surface area contributed by atoms with Gasteiger partial charge in [-0.25, -0.2) is 18.7 Å². The number of carbonyl (C=O) groups is 1. The maximum absolute atomic E-state index is 15.9. The Hall–Kier alpha value is -4.72. The van der Waals surface area contributed by atoms with Crippen molar-refractivity contribution in [2.75, 3.05) is 47.6 Å². The van der Waals surface area contributed by atoms with E-state index in [1.54, 1.807) is 25.3 Å². The Kier molecular flexibility index (Phi) is 10.4. The summed E-state index contributed by atoms with van der Waals surface area (Å²) >= 11 is 1.38. The molecule has 0 unspecified atom stereocenters. The molecular weight excluding hydrogens is 614 g/mol. The number of fused-ring (bicyclic) bond motifs is 1. The van der Waals surface area contributed by atoms with Crippen molar-refractivity contribution in [1.82, 2.24) is 30.4 Å². The van der Waals surface area contributed by atoms with Gasteiger partial charge in [0.2, 0.25) is 11.8 Å². The number of aromatic amines is 1. The van der Waals surface area contributed by atoms with Gasteiger partial charge in [-0.2, -0.15) is 5.10 Å². The lowest BCUT2D eigenvalue weighted by Crippen LogP contribution is -2.24. The zero-order valence-electron chi connectivity index (χ0n) is 25.9. The lowest BCUT2D eigenvalue weighted by Gasteiger charge is -2.17. The fraction of sp³-hybridized carbons (Fsp3) is 0.273. The number of halogens is 2. The molecule has 0 aliphatic rings. The number of pyridine rings is 2. The Morgan fingerprint density at radius 2 is 1.93 bits per heavy atom. The number of thiophene rings is 1. The monoisotopic (exact) mass is 648 g/mol. The van der Waals surface area contributed by atoms with Crippen LogP contribution in [0.3, 0.4) is 0 Å². The fourth-order valence-corrected chi connectivity index (χ4v) is 5.75. The normalized spacial score (nSPS) is 12.0. The molecule has 1 atom stereocenters. The van der Waals surface area contributed by atoms with Crippen molar-refractivity contribution in [2.24, 2.45) is 0 Å². The van der Waals surface area contributed by atoms with Gasteiger partial charge in [0.15, 0.2) is 0 Å². The molecule has 13 heteroatoms. The molecule has 0 spiro atoms. The number of rotatable bonds is 14. The first-order valence-electron chi connectivity index (χ1n) is 14.4. The fourth-order valence-electron chi connectivity index (χ4n) is 4.80. The molecule has 2 N–H and O–H groups in total. The minimum absolute atomic E-state index is 0.00270. The third-order valence-electron chi connectivity index (χ3n) is 7.07. The van der Waals surface area contributed by atoms with Crippen LogP contribution in [-0.2, 0) is 9.53 Å². The summed E-state index contributed by atoms with van der Waals surface area (Å²) in [4.78, 5) is 23.4. The average molecular weight is 649 g/mol. The van der Waals surface area contributed by atoms with Crippen LogP contribution >= 0.6 is 11.3 Å². The average Bonchev–Trinajstić information content (AvgIpc) is 3.72. The van der Waals surface area contributed by atoms with Crippen LogP contribution < -0.4 is 14.8 Å². The van der Waals surface area contributed by atoms with Crippen LogP contribution in [0, 0.1) is 11.6 Å². The quantitative estimate of drug-likeness (QED) is 0.111. The molecule has 5 aromatic rings. The van der Waals surface area contributed by atoms with Crippen LogP contribution in [0.1, 0.15) is 18.7 Å². The van der Waals surface area contributed by atoms with Gasteiger partial charge in [0.1, 0.15) is 42.0 Å².